The van der Waals surface area contributed by atoms with E-state index in [1.165, 1.54) is 6.07 Å². The van der Waals surface area contributed by atoms with Gasteiger partial charge in [-0.05, 0) is 31.5 Å². The maximum Gasteiger partial charge on any atom is 0.405 e. The van der Waals surface area contributed by atoms with Gasteiger partial charge in [0, 0.05) is 12.7 Å². The number of rotatable bonds is 4. The average Bonchev–Trinajstić information content (AvgIpc) is 2.11. The molecule has 0 bridgehead atoms. The van der Waals surface area contributed by atoms with Crippen molar-refractivity contribution in [2.45, 2.75) is 30.8 Å². The summed E-state index contributed by atoms with van der Waals surface area (Å²) in [6.45, 7) is 3.41. The van der Waals surface area contributed by atoms with E-state index < -0.39 is 21.5 Å². The van der Waals surface area contributed by atoms with Crippen molar-refractivity contribution in [3.8, 4) is 0 Å². The van der Waals surface area contributed by atoms with Gasteiger partial charge in [-0.25, -0.2) is 13.2 Å². The Morgan fingerprint density at radius 2 is 2.00 bits per heavy atom. The molecule has 19 heavy (non-hydrogen) atoms. The molecule has 1 rings (SSSR count). The summed E-state index contributed by atoms with van der Waals surface area (Å²) in [6.07, 6.45) is 0.608. The summed E-state index contributed by atoms with van der Waals surface area (Å²) in [5, 5.41) is 0.148. The van der Waals surface area contributed by atoms with Gasteiger partial charge >= 0.3 is 6.09 Å². The smallest absolute Gasteiger partial charge is 0.405 e. The van der Waals surface area contributed by atoms with Crippen LogP contribution in [-0.4, -0.2) is 26.4 Å². The minimum atomic E-state index is -3.35. The van der Waals surface area contributed by atoms with Crippen molar-refractivity contribution in [2.24, 2.45) is 5.73 Å². The van der Waals surface area contributed by atoms with Gasteiger partial charge in [0.15, 0.2) is 9.84 Å². The van der Waals surface area contributed by atoms with E-state index in [9.17, 15) is 13.2 Å². The van der Waals surface area contributed by atoms with Gasteiger partial charge in [0.05, 0.1) is 9.92 Å². The van der Waals surface area contributed by atoms with Gasteiger partial charge in [-0.15, -0.1) is 0 Å². The first-order valence-electron chi connectivity index (χ1n) is 5.48. The number of carbonyl (C=O) groups is 1. The number of hydrogen-bond donors (Lipinski definition) is 1. The fraction of sp³-hybridized carbons (Fsp3) is 0.417. The molecule has 0 fully saturated rings. The summed E-state index contributed by atoms with van der Waals surface area (Å²) in [7, 11) is -3.35. The number of sulfone groups is 1. The van der Waals surface area contributed by atoms with Crippen LogP contribution in [-0.2, 0) is 21.0 Å². The highest BCUT2D eigenvalue weighted by Gasteiger charge is 2.23. The van der Waals surface area contributed by atoms with Crippen molar-refractivity contribution in [1.29, 1.82) is 0 Å². The van der Waals surface area contributed by atoms with Gasteiger partial charge in [-0.1, -0.05) is 17.7 Å². The zero-order valence-corrected chi connectivity index (χ0v) is 12.5. The SMILES string of the molecule is CC(C)(Cc1ccc(S(C)(=O)=O)c(Cl)c1)OC(N)=O. The first-order chi connectivity index (χ1) is 8.51. The fourth-order valence-electron chi connectivity index (χ4n) is 1.75. The summed E-state index contributed by atoms with van der Waals surface area (Å²) in [6, 6.07) is 4.62. The Morgan fingerprint density at radius 3 is 2.42 bits per heavy atom. The number of benzene rings is 1. The molecule has 0 saturated carbocycles. The monoisotopic (exact) mass is 305 g/mol. The van der Waals surface area contributed by atoms with E-state index in [1.54, 1.807) is 26.0 Å². The van der Waals surface area contributed by atoms with Gasteiger partial charge in [-0.3, -0.25) is 0 Å². The lowest BCUT2D eigenvalue weighted by Gasteiger charge is -2.24. The van der Waals surface area contributed by atoms with Crippen LogP contribution in [0.2, 0.25) is 5.02 Å². The summed E-state index contributed by atoms with van der Waals surface area (Å²) >= 11 is 5.94. The molecule has 0 radical (unpaired) electrons. The van der Waals surface area contributed by atoms with Crippen LogP contribution in [0.15, 0.2) is 23.1 Å². The van der Waals surface area contributed by atoms with Gasteiger partial charge < -0.3 is 10.5 Å². The van der Waals surface area contributed by atoms with Crippen molar-refractivity contribution >= 4 is 27.5 Å². The van der Waals surface area contributed by atoms with Crippen molar-refractivity contribution in [3.05, 3.63) is 28.8 Å². The van der Waals surface area contributed by atoms with E-state index in [1.807, 2.05) is 0 Å². The molecule has 0 atom stereocenters. The second-order valence-corrected chi connectivity index (χ2v) is 7.29. The lowest BCUT2D eigenvalue weighted by atomic mass is 9.98. The molecule has 5 nitrogen and oxygen atoms in total. The molecule has 1 amide bonds. The van der Waals surface area contributed by atoms with Crippen LogP contribution in [0, 0.1) is 0 Å². The van der Waals surface area contributed by atoms with Crippen LogP contribution < -0.4 is 5.73 Å². The van der Waals surface area contributed by atoms with E-state index in [0.717, 1.165) is 11.8 Å². The summed E-state index contributed by atoms with van der Waals surface area (Å²) in [4.78, 5) is 10.8. The molecule has 0 spiro atoms. The maximum atomic E-state index is 11.4. The van der Waals surface area contributed by atoms with E-state index in [-0.39, 0.29) is 9.92 Å². The van der Waals surface area contributed by atoms with Crippen molar-refractivity contribution in [1.82, 2.24) is 0 Å². The highest BCUT2D eigenvalue weighted by molar-refractivity contribution is 7.90. The molecular formula is C12H16ClNO4S. The predicted octanol–water partition coefficient (Wildman–Crippen LogP) is 2.16. The van der Waals surface area contributed by atoms with E-state index in [4.69, 9.17) is 22.1 Å². The van der Waals surface area contributed by atoms with Crippen molar-refractivity contribution in [3.63, 3.8) is 0 Å². The predicted molar refractivity (Wildman–Crippen MR) is 73.0 cm³/mol. The van der Waals surface area contributed by atoms with E-state index in [2.05, 4.69) is 0 Å². The lowest BCUT2D eigenvalue weighted by Crippen LogP contribution is -2.33. The van der Waals surface area contributed by atoms with Crippen LogP contribution in [0.3, 0.4) is 0 Å². The minimum Gasteiger partial charge on any atom is -0.443 e. The van der Waals surface area contributed by atoms with Crippen LogP contribution in [0.4, 0.5) is 4.79 Å². The zero-order chi connectivity index (χ0) is 14.8. The molecule has 0 saturated heterocycles. The van der Waals surface area contributed by atoms with Gasteiger partial charge in [0.25, 0.3) is 0 Å². The van der Waals surface area contributed by atoms with Crippen LogP contribution in [0.1, 0.15) is 19.4 Å². The normalized spacial score (nSPS) is 12.2. The molecule has 106 valence electrons. The number of hydrogen-bond acceptors (Lipinski definition) is 4. The Morgan fingerprint density at radius 1 is 1.42 bits per heavy atom. The van der Waals surface area contributed by atoms with Crippen LogP contribution in [0.25, 0.3) is 0 Å². The van der Waals surface area contributed by atoms with Crippen LogP contribution in [0.5, 0.6) is 0 Å². The number of carbonyl (C=O) groups excluding carboxylic acids is 1. The Bertz CT molecular complexity index is 596. The van der Waals surface area contributed by atoms with Crippen molar-refractivity contribution < 1.29 is 17.9 Å². The van der Waals surface area contributed by atoms with Gasteiger partial charge in [0.1, 0.15) is 5.60 Å². The largest absolute Gasteiger partial charge is 0.443 e. The molecule has 2 N–H and O–H groups in total. The molecule has 0 aromatic heterocycles. The molecule has 0 aliphatic heterocycles. The average molecular weight is 306 g/mol. The first kappa shape index (κ1) is 15.8. The molecule has 1 aromatic rings. The number of nitrogens with two attached hydrogens (primary N) is 1. The van der Waals surface area contributed by atoms with E-state index in [0.29, 0.717) is 6.42 Å². The molecule has 0 unspecified atom stereocenters. The number of amides is 1. The van der Waals surface area contributed by atoms with Gasteiger partial charge in [0.2, 0.25) is 0 Å². The van der Waals surface area contributed by atoms with Crippen LogP contribution >= 0.6 is 11.6 Å². The summed E-state index contributed by atoms with van der Waals surface area (Å²) < 4.78 is 27.8. The second-order valence-electron chi connectivity index (χ2n) is 4.89. The molecule has 7 heteroatoms. The minimum absolute atomic E-state index is 0.0755. The molecule has 0 aliphatic rings. The fourth-order valence-corrected chi connectivity index (χ4v) is 3.11. The summed E-state index contributed by atoms with van der Waals surface area (Å²) in [5.41, 5.74) is 4.94. The topological polar surface area (TPSA) is 86.5 Å². The van der Waals surface area contributed by atoms with Crippen molar-refractivity contribution in [2.75, 3.05) is 6.26 Å². The maximum absolute atomic E-state index is 11.4. The number of halogens is 1. The highest BCUT2D eigenvalue weighted by Crippen LogP contribution is 2.25. The van der Waals surface area contributed by atoms with E-state index >= 15 is 0 Å². The standard InChI is InChI=1S/C12H16ClNO4S/c1-12(2,18-11(14)15)7-8-4-5-10(9(13)6-8)19(3,16)17/h4-6H,7H2,1-3H3,(H2,14,15). The molecule has 0 heterocycles. The molecule has 1 aromatic carbocycles. The highest BCUT2D eigenvalue weighted by atomic mass is 35.5. The second kappa shape index (κ2) is 5.38. The quantitative estimate of drug-likeness (QED) is 0.923. The Kier molecular flexibility index (Phi) is 4.47. The molecular weight excluding hydrogens is 290 g/mol. The van der Waals surface area contributed by atoms with Gasteiger partial charge in [-0.2, -0.15) is 0 Å². The third kappa shape index (κ3) is 4.72. The number of primary amides is 1. The zero-order valence-electron chi connectivity index (χ0n) is 10.9. The third-order valence-electron chi connectivity index (χ3n) is 2.40. The Hall–Kier alpha value is -1.27. The Labute approximate surface area is 117 Å². The summed E-state index contributed by atoms with van der Waals surface area (Å²) in [5.74, 6) is 0. The number of ether oxygens (including phenoxy) is 1. The molecule has 0 aliphatic carbocycles. The Balaban J connectivity index is 3.00. The lowest BCUT2D eigenvalue weighted by molar-refractivity contribution is 0.0460. The first-order valence-corrected chi connectivity index (χ1v) is 7.75. The third-order valence-corrected chi connectivity index (χ3v) is 3.98.